The van der Waals surface area contributed by atoms with Gasteiger partial charge in [0, 0.05) is 22.1 Å². The minimum Gasteiger partial charge on any atom is -0.273 e. The molecular weight excluding hydrogens is 316 g/mol. The first kappa shape index (κ1) is 16.6. The van der Waals surface area contributed by atoms with Crippen LogP contribution in [0.15, 0.2) is 58.5 Å². The number of thioether (sulfide) groups is 1. The summed E-state index contributed by atoms with van der Waals surface area (Å²) in [4.78, 5) is 12.8. The highest BCUT2D eigenvalue weighted by Crippen LogP contribution is 2.18. The van der Waals surface area contributed by atoms with E-state index in [1.54, 1.807) is 30.1 Å². The number of nitrogens with one attached hydrogen (secondary N) is 1. The number of nitrogens with zero attached hydrogens (tertiary/aromatic N) is 1. The Morgan fingerprint density at radius 2 is 2.05 bits per heavy atom. The van der Waals surface area contributed by atoms with Crippen LogP contribution in [0.25, 0.3) is 0 Å². The van der Waals surface area contributed by atoms with E-state index >= 15 is 0 Å². The molecule has 2 rings (SSSR count). The second kappa shape index (κ2) is 8.61. The molecule has 0 spiro atoms. The molecular formula is C17H17ClN2OS. The van der Waals surface area contributed by atoms with Crippen molar-refractivity contribution < 1.29 is 4.79 Å². The van der Waals surface area contributed by atoms with Gasteiger partial charge in [-0.1, -0.05) is 41.4 Å². The number of hydrogen-bond donors (Lipinski definition) is 1. The summed E-state index contributed by atoms with van der Waals surface area (Å²) in [5, 5.41) is 4.57. The quantitative estimate of drug-likeness (QED) is 0.487. The summed E-state index contributed by atoms with van der Waals surface area (Å²) in [6.45, 7) is 2.06. The number of amides is 1. The van der Waals surface area contributed by atoms with E-state index in [2.05, 4.69) is 41.7 Å². The molecule has 0 aromatic heterocycles. The molecule has 1 amide bonds. The van der Waals surface area contributed by atoms with E-state index in [0.29, 0.717) is 11.4 Å². The zero-order valence-electron chi connectivity index (χ0n) is 12.3. The van der Waals surface area contributed by atoms with Gasteiger partial charge < -0.3 is 0 Å². The van der Waals surface area contributed by atoms with Crippen molar-refractivity contribution in [2.24, 2.45) is 5.10 Å². The maximum atomic E-state index is 11.7. The molecule has 0 saturated carbocycles. The van der Waals surface area contributed by atoms with E-state index in [-0.39, 0.29) is 5.91 Å². The van der Waals surface area contributed by atoms with E-state index in [0.717, 1.165) is 11.3 Å². The molecule has 1 N–H and O–H groups in total. The molecule has 0 bridgehead atoms. The number of rotatable bonds is 6. The number of hydrazone groups is 1. The van der Waals surface area contributed by atoms with Gasteiger partial charge in [-0.2, -0.15) is 5.10 Å². The van der Waals surface area contributed by atoms with Crippen LogP contribution >= 0.6 is 23.4 Å². The molecule has 0 radical (unpaired) electrons. The van der Waals surface area contributed by atoms with Gasteiger partial charge in [0.15, 0.2) is 0 Å². The van der Waals surface area contributed by atoms with Crippen LogP contribution in [0, 0.1) is 6.92 Å². The SMILES string of the molecule is Cc1ccc(SCCC(=O)N/N=C\c2cccc(Cl)c2)cc1. The number of carbonyl (C=O) groups excluding carboxylic acids is 1. The molecule has 2 aromatic rings. The Kier molecular flexibility index (Phi) is 6.49. The van der Waals surface area contributed by atoms with Crippen LogP contribution in [0.3, 0.4) is 0 Å². The highest BCUT2D eigenvalue weighted by atomic mass is 35.5. The van der Waals surface area contributed by atoms with Crippen LogP contribution in [0.1, 0.15) is 17.5 Å². The lowest BCUT2D eigenvalue weighted by atomic mass is 10.2. The molecule has 0 aliphatic rings. The highest BCUT2D eigenvalue weighted by Gasteiger charge is 2.00. The zero-order valence-corrected chi connectivity index (χ0v) is 13.8. The maximum absolute atomic E-state index is 11.7. The Balaban J connectivity index is 1.70. The fraction of sp³-hybridized carbons (Fsp3) is 0.176. The van der Waals surface area contributed by atoms with Crippen molar-refractivity contribution in [2.75, 3.05) is 5.75 Å². The zero-order chi connectivity index (χ0) is 15.8. The second-order valence-electron chi connectivity index (χ2n) is 4.76. The molecule has 22 heavy (non-hydrogen) atoms. The molecule has 3 nitrogen and oxygen atoms in total. The first-order valence-electron chi connectivity index (χ1n) is 6.90. The average molecular weight is 333 g/mol. The third-order valence-electron chi connectivity index (χ3n) is 2.87. The van der Waals surface area contributed by atoms with Crippen LogP contribution in [0.4, 0.5) is 0 Å². The third kappa shape index (κ3) is 5.92. The van der Waals surface area contributed by atoms with Gasteiger partial charge in [0.1, 0.15) is 0 Å². The van der Waals surface area contributed by atoms with E-state index in [1.807, 2.05) is 12.1 Å². The maximum Gasteiger partial charge on any atom is 0.240 e. The molecule has 5 heteroatoms. The standard InChI is InChI=1S/C17H17ClN2OS/c1-13-5-7-16(8-6-13)22-10-9-17(21)20-19-12-14-3-2-4-15(18)11-14/h2-8,11-12H,9-10H2,1H3,(H,20,21)/b19-12-. The Morgan fingerprint density at radius 3 is 2.77 bits per heavy atom. The molecule has 0 aliphatic heterocycles. The largest absolute Gasteiger partial charge is 0.273 e. The summed E-state index contributed by atoms with van der Waals surface area (Å²) >= 11 is 7.53. The minimum absolute atomic E-state index is 0.0992. The van der Waals surface area contributed by atoms with Gasteiger partial charge in [-0.3, -0.25) is 4.79 Å². The van der Waals surface area contributed by atoms with Crippen molar-refractivity contribution in [1.82, 2.24) is 5.43 Å². The van der Waals surface area contributed by atoms with Crippen molar-refractivity contribution in [3.8, 4) is 0 Å². The summed E-state index contributed by atoms with van der Waals surface area (Å²) < 4.78 is 0. The highest BCUT2D eigenvalue weighted by molar-refractivity contribution is 7.99. The Bertz CT molecular complexity index is 656. The van der Waals surface area contributed by atoms with Crippen molar-refractivity contribution in [3.05, 3.63) is 64.7 Å². The Labute approximate surface area is 139 Å². The second-order valence-corrected chi connectivity index (χ2v) is 6.36. The topological polar surface area (TPSA) is 41.5 Å². The summed E-state index contributed by atoms with van der Waals surface area (Å²) in [7, 11) is 0. The fourth-order valence-corrected chi connectivity index (χ4v) is 2.77. The van der Waals surface area contributed by atoms with Crippen molar-refractivity contribution >= 4 is 35.5 Å². The molecule has 0 fully saturated rings. The molecule has 0 aliphatic carbocycles. The number of halogens is 1. The summed E-state index contributed by atoms with van der Waals surface area (Å²) in [6.07, 6.45) is 2.00. The number of benzene rings is 2. The smallest absolute Gasteiger partial charge is 0.240 e. The molecule has 0 atom stereocenters. The lowest BCUT2D eigenvalue weighted by Crippen LogP contribution is -2.17. The molecule has 0 unspecified atom stereocenters. The predicted molar refractivity (Wildman–Crippen MR) is 93.7 cm³/mol. The van der Waals surface area contributed by atoms with Crippen molar-refractivity contribution in [1.29, 1.82) is 0 Å². The van der Waals surface area contributed by atoms with Crippen molar-refractivity contribution in [2.45, 2.75) is 18.2 Å². The van der Waals surface area contributed by atoms with E-state index in [9.17, 15) is 4.79 Å². The van der Waals surface area contributed by atoms with Crippen LogP contribution in [0.5, 0.6) is 0 Å². The Morgan fingerprint density at radius 1 is 1.27 bits per heavy atom. The minimum atomic E-state index is -0.0992. The van der Waals surface area contributed by atoms with Crippen LogP contribution in [-0.2, 0) is 4.79 Å². The summed E-state index contributed by atoms with van der Waals surface area (Å²) in [6, 6.07) is 15.5. The van der Waals surface area contributed by atoms with Gasteiger partial charge in [-0.15, -0.1) is 11.8 Å². The van der Waals surface area contributed by atoms with Gasteiger partial charge in [-0.25, -0.2) is 5.43 Å². The van der Waals surface area contributed by atoms with Crippen LogP contribution in [0.2, 0.25) is 5.02 Å². The van der Waals surface area contributed by atoms with Gasteiger partial charge in [0.2, 0.25) is 5.91 Å². The predicted octanol–water partition coefficient (Wildman–Crippen LogP) is 4.28. The number of carbonyl (C=O) groups is 1. The van der Waals surface area contributed by atoms with Crippen molar-refractivity contribution in [3.63, 3.8) is 0 Å². The normalized spacial score (nSPS) is 10.8. The summed E-state index contributed by atoms with van der Waals surface area (Å²) in [5.74, 6) is 0.625. The monoisotopic (exact) mass is 332 g/mol. The first-order valence-corrected chi connectivity index (χ1v) is 8.27. The summed E-state index contributed by atoms with van der Waals surface area (Å²) in [5.41, 5.74) is 4.60. The van der Waals surface area contributed by atoms with E-state index in [1.165, 1.54) is 10.5 Å². The molecule has 2 aromatic carbocycles. The van der Waals surface area contributed by atoms with Gasteiger partial charge in [-0.05, 0) is 36.8 Å². The average Bonchev–Trinajstić information content (AvgIpc) is 2.49. The van der Waals surface area contributed by atoms with Crippen LogP contribution < -0.4 is 5.43 Å². The third-order valence-corrected chi connectivity index (χ3v) is 4.12. The molecule has 0 saturated heterocycles. The molecule has 0 heterocycles. The van der Waals surface area contributed by atoms with Gasteiger partial charge in [0.25, 0.3) is 0 Å². The van der Waals surface area contributed by atoms with Crippen LogP contribution in [-0.4, -0.2) is 17.9 Å². The number of aryl methyl sites for hydroxylation is 1. The lowest BCUT2D eigenvalue weighted by molar-refractivity contribution is -0.120. The first-order chi connectivity index (χ1) is 10.6. The fourth-order valence-electron chi connectivity index (χ4n) is 1.72. The van der Waals surface area contributed by atoms with E-state index < -0.39 is 0 Å². The Hall–Kier alpha value is -1.78. The van der Waals surface area contributed by atoms with Gasteiger partial charge in [0.05, 0.1) is 6.21 Å². The van der Waals surface area contributed by atoms with E-state index in [4.69, 9.17) is 11.6 Å². The van der Waals surface area contributed by atoms with Gasteiger partial charge >= 0.3 is 0 Å². The molecule has 114 valence electrons. The number of hydrogen-bond acceptors (Lipinski definition) is 3. The lowest BCUT2D eigenvalue weighted by Gasteiger charge is -2.02.